The van der Waals surface area contributed by atoms with E-state index in [2.05, 4.69) is 11.1 Å². The van der Waals surface area contributed by atoms with E-state index in [4.69, 9.17) is 0 Å². The van der Waals surface area contributed by atoms with Gasteiger partial charge in [0.25, 0.3) is 11.6 Å². The predicted octanol–water partition coefficient (Wildman–Crippen LogP) is 3.60. The zero-order valence-corrected chi connectivity index (χ0v) is 13.0. The maximum Gasteiger partial charge on any atom is 0.269 e. The van der Waals surface area contributed by atoms with E-state index in [0.29, 0.717) is 12.1 Å². The topological polar surface area (TPSA) is 79.2 Å². The number of piperidine rings is 1. The number of hydrogen-bond acceptors (Lipinski definition) is 3. The third kappa shape index (κ3) is 3.11. The van der Waals surface area contributed by atoms with E-state index >= 15 is 0 Å². The van der Waals surface area contributed by atoms with Crippen LogP contribution >= 0.6 is 0 Å². The molecule has 6 nitrogen and oxygen atoms in total. The van der Waals surface area contributed by atoms with Gasteiger partial charge < -0.3 is 9.88 Å². The Morgan fingerprint density at radius 2 is 2.04 bits per heavy atom. The Morgan fingerprint density at radius 1 is 1.30 bits per heavy atom. The van der Waals surface area contributed by atoms with Gasteiger partial charge in [0, 0.05) is 36.1 Å². The molecule has 0 spiro atoms. The molecule has 0 bridgehead atoms. The predicted molar refractivity (Wildman–Crippen MR) is 86.3 cm³/mol. The zero-order valence-electron chi connectivity index (χ0n) is 13.0. The molecule has 2 heterocycles. The van der Waals surface area contributed by atoms with Gasteiger partial charge in [-0.3, -0.25) is 14.9 Å². The van der Waals surface area contributed by atoms with Crippen LogP contribution in [0.25, 0.3) is 0 Å². The van der Waals surface area contributed by atoms with Crippen LogP contribution in [0.3, 0.4) is 0 Å². The van der Waals surface area contributed by atoms with Gasteiger partial charge in [0.05, 0.1) is 11.0 Å². The number of carbonyl (C=O) groups excluding carboxylic acids is 1. The first-order chi connectivity index (χ1) is 11.1. The molecule has 1 aromatic heterocycles. The zero-order chi connectivity index (χ0) is 16.4. The van der Waals surface area contributed by atoms with Crippen molar-refractivity contribution in [1.82, 2.24) is 9.88 Å². The number of benzene rings is 1. The largest absolute Gasteiger partial charge is 0.365 e. The van der Waals surface area contributed by atoms with Gasteiger partial charge in [0.2, 0.25) is 0 Å². The molecule has 2 aromatic rings. The molecule has 1 aliphatic heterocycles. The van der Waals surface area contributed by atoms with E-state index < -0.39 is 4.92 Å². The van der Waals surface area contributed by atoms with Gasteiger partial charge in [0.15, 0.2) is 0 Å². The number of nitrogens with one attached hydrogen (secondary N) is 1. The second-order valence-corrected chi connectivity index (χ2v) is 5.93. The minimum absolute atomic E-state index is 0.00185. The van der Waals surface area contributed by atoms with Crippen LogP contribution in [0.5, 0.6) is 0 Å². The molecule has 23 heavy (non-hydrogen) atoms. The number of H-pyrrole nitrogens is 1. The monoisotopic (exact) mass is 313 g/mol. The number of amides is 1. The van der Waals surface area contributed by atoms with Crippen LogP contribution in [-0.4, -0.2) is 27.3 Å². The normalized spacial score (nSPS) is 18.0. The van der Waals surface area contributed by atoms with Gasteiger partial charge in [-0.1, -0.05) is 0 Å². The Morgan fingerprint density at radius 3 is 2.65 bits per heavy atom. The summed E-state index contributed by atoms with van der Waals surface area (Å²) in [5.41, 5.74) is 2.69. The molecule has 6 heteroatoms. The summed E-state index contributed by atoms with van der Waals surface area (Å²) in [6, 6.07) is 7.98. The van der Waals surface area contributed by atoms with E-state index in [1.807, 2.05) is 18.0 Å². The first-order valence-corrected chi connectivity index (χ1v) is 7.76. The molecule has 1 amide bonds. The lowest BCUT2D eigenvalue weighted by atomic mass is 9.96. The number of non-ortho nitro benzene ring substituents is 1. The van der Waals surface area contributed by atoms with Crippen molar-refractivity contribution >= 4 is 11.6 Å². The lowest BCUT2D eigenvalue weighted by Crippen LogP contribution is -2.38. The van der Waals surface area contributed by atoms with Crippen LogP contribution in [0.1, 0.15) is 46.9 Å². The van der Waals surface area contributed by atoms with E-state index in [9.17, 15) is 14.9 Å². The second-order valence-electron chi connectivity index (χ2n) is 5.93. The summed E-state index contributed by atoms with van der Waals surface area (Å²) < 4.78 is 0. The third-order valence-electron chi connectivity index (χ3n) is 4.32. The van der Waals surface area contributed by atoms with Gasteiger partial charge in [-0.25, -0.2) is 0 Å². The molecule has 120 valence electrons. The maximum absolute atomic E-state index is 12.8. The van der Waals surface area contributed by atoms with Gasteiger partial charge in [-0.2, -0.15) is 0 Å². The van der Waals surface area contributed by atoms with Crippen LogP contribution in [0.4, 0.5) is 5.69 Å². The molecule has 1 saturated heterocycles. The van der Waals surface area contributed by atoms with E-state index in [1.54, 1.807) is 0 Å². The highest BCUT2D eigenvalue weighted by molar-refractivity contribution is 5.94. The number of nitrogens with zero attached hydrogens (tertiary/aromatic N) is 2. The Balaban J connectivity index is 1.85. The SMILES string of the molecule is Cc1cc(C2CCCCN2C(=O)c2ccc([N+](=O)[O-])cc2)c[nH]1. The first kappa shape index (κ1) is 15.3. The van der Waals surface area contributed by atoms with E-state index in [1.165, 1.54) is 24.3 Å². The molecule has 1 aromatic carbocycles. The van der Waals surface area contributed by atoms with Crippen molar-refractivity contribution in [1.29, 1.82) is 0 Å². The summed E-state index contributed by atoms with van der Waals surface area (Å²) in [7, 11) is 0. The maximum atomic E-state index is 12.8. The minimum atomic E-state index is -0.458. The Labute approximate surface area is 134 Å². The summed E-state index contributed by atoms with van der Waals surface area (Å²) in [5, 5.41) is 10.7. The van der Waals surface area contributed by atoms with Crippen molar-refractivity contribution in [3.8, 4) is 0 Å². The molecule has 1 fully saturated rings. The van der Waals surface area contributed by atoms with E-state index in [-0.39, 0.29) is 17.6 Å². The summed E-state index contributed by atoms with van der Waals surface area (Å²) in [6.07, 6.45) is 4.98. The van der Waals surface area contributed by atoms with Crippen LogP contribution in [0.15, 0.2) is 36.5 Å². The Kier molecular flexibility index (Phi) is 4.14. The summed E-state index contributed by atoms with van der Waals surface area (Å²) in [6.45, 7) is 2.71. The number of aromatic amines is 1. The van der Waals surface area contributed by atoms with Gasteiger partial charge >= 0.3 is 0 Å². The van der Waals surface area contributed by atoms with E-state index in [0.717, 1.165) is 30.5 Å². The van der Waals surface area contributed by atoms with Crippen LogP contribution in [0, 0.1) is 17.0 Å². The van der Waals surface area contributed by atoms with Gasteiger partial charge in [0.1, 0.15) is 0 Å². The highest BCUT2D eigenvalue weighted by Gasteiger charge is 2.29. The summed E-state index contributed by atoms with van der Waals surface area (Å²) in [5.74, 6) is -0.0662. The number of carbonyl (C=O) groups is 1. The number of aryl methyl sites for hydroxylation is 1. The Bertz CT molecular complexity index is 721. The molecule has 1 aliphatic rings. The molecule has 1 N–H and O–H groups in total. The smallest absolute Gasteiger partial charge is 0.269 e. The van der Waals surface area contributed by atoms with Crippen LogP contribution in [0.2, 0.25) is 0 Å². The van der Waals surface area contributed by atoms with Crippen molar-refractivity contribution in [2.24, 2.45) is 0 Å². The van der Waals surface area contributed by atoms with Crippen molar-refractivity contribution in [3.63, 3.8) is 0 Å². The van der Waals surface area contributed by atoms with Crippen molar-refractivity contribution in [2.75, 3.05) is 6.54 Å². The molecular weight excluding hydrogens is 294 g/mol. The molecular formula is C17H19N3O3. The number of rotatable bonds is 3. The van der Waals surface area contributed by atoms with Crippen LogP contribution in [-0.2, 0) is 0 Å². The fraction of sp³-hybridized carbons (Fsp3) is 0.353. The second kappa shape index (κ2) is 6.24. The average molecular weight is 313 g/mol. The fourth-order valence-electron chi connectivity index (χ4n) is 3.14. The number of aromatic nitrogens is 1. The van der Waals surface area contributed by atoms with Crippen molar-refractivity contribution in [2.45, 2.75) is 32.2 Å². The highest BCUT2D eigenvalue weighted by Crippen LogP contribution is 2.32. The lowest BCUT2D eigenvalue weighted by molar-refractivity contribution is -0.384. The molecule has 3 rings (SSSR count). The Hall–Kier alpha value is -2.63. The summed E-state index contributed by atoms with van der Waals surface area (Å²) >= 11 is 0. The first-order valence-electron chi connectivity index (χ1n) is 7.76. The minimum Gasteiger partial charge on any atom is -0.365 e. The third-order valence-corrected chi connectivity index (χ3v) is 4.32. The lowest BCUT2D eigenvalue weighted by Gasteiger charge is -2.35. The molecule has 1 unspecified atom stereocenters. The van der Waals surface area contributed by atoms with Crippen molar-refractivity contribution < 1.29 is 9.72 Å². The number of likely N-dealkylation sites (tertiary alicyclic amines) is 1. The van der Waals surface area contributed by atoms with Gasteiger partial charge in [-0.05, 0) is 49.9 Å². The van der Waals surface area contributed by atoms with Gasteiger partial charge in [-0.15, -0.1) is 0 Å². The standard InChI is InChI=1S/C17H19N3O3/c1-12-10-14(11-18-12)16-4-2-3-9-19(16)17(21)13-5-7-15(8-6-13)20(22)23/h5-8,10-11,16,18H,2-4,9H2,1H3. The molecule has 0 saturated carbocycles. The quantitative estimate of drug-likeness (QED) is 0.694. The molecule has 0 aliphatic carbocycles. The average Bonchev–Trinajstić information content (AvgIpc) is 3.00. The number of nitro benzene ring substituents is 1. The number of hydrogen-bond donors (Lipinski definition) is 1. The number of nitro groups is 1. The highest BCUT2D eigenvalue weighted by atomic mass is 16.6. The molecule has 1 atom stereocenters. The fourth-order valence-corrected chi connectivity index (χ4v) is 3.14. The summed E-state index contributed by atoms with van der Waals surface area (Å²) in [4.78, 5) is 28.1. The van der Waals surface area contributed by atoms with Crippen molar-refractivity contribution in [3.05, 3.63) is 63.5 Å². The van der Waals surface area contributed by atoms with Crippen LogP contribution < -0.4 is 0 Å². The molecule has 0 radical (unpaired) electrons.